The molecule has 0 atom stereocenters. The summed E-state index contributed by atoms with van der Waals surface area (Å²) in [5.41, 5.74) is 0. The van der Waals surface area contributed by atoms with Gasteiger partial charge in [0.2, 0.25) is 0 Å². The molecule has 2 aromatic carbocycles. The average molecular weight is 217 g/mol. The molecule has 0 saturated carbocycles. The van der Waals surface area contributed by atoms with Gasteiger partial charge in [0.1, 0.15) is 0 Å². The van der Waals surface area contributed by atoms with Gasteiger partial charge in [-0.05, 0) is 17.7 Å². The molecule has 0 spiro atoms. The van der Waals surface area contributed by atoms with Crippen LogP contribution in [0.2, 0.25) is 0 Å². The van der Waals surface area contributed by atoms with Gasteiger partial charge in [-0.25, -0.2) is 4.79 Å². The smallest absolute Gasteiger partial charge is 0.404 e. The highest BCUT2D eigenvalue weighted by Crippen LogP contribution is 2.11. The summed E-state index contributed by atoms with van der Waals surface area (Å²) in [5, 5.41) is 12.5. The first-order valence-electron chi connectivity index (χ1n) is 5.14. The summed E-state index contributed by atoms with van der Waals surface area (Å²) in [7, 11) is 0. The van der Waals surface area contributed by atoms with Crippen molar-refractivity contribution in [2.45, 2.75) is 6.92 Å². The lowest BCUT2D eigenvalue weighted by atomic mass is 10.1. The molecule has 2 rings (SSSR count). The summed E-state index contributed by atoms with van der Waals surface area (Å²) >= 11 is 0. The maximum atomic E-state index is 9.49. The number of hydrogen-bond donors (Lipinski definition) is 2. The van der Waals surface area contributed by atoms with Gasteiger partial charge in [-0.1, -0.05) is 48.5 Å². The number of amides is 1. The van der Waals surface area contributed by atoms with Crippen LogP contribution in [0.3, 0.4) is 0 Å². The van der Waals surface area contributed by atoms with E-state index in [1.807, 2.05) is 0 Å². The number of carbonyl (C=O) groups is 1. The highest BCUT2D eigenvalue weighted by Gasteiger charge is 1.85. The average Bonchev–Trinajstić information content (AvgIpc) is 2.30. The van der Waals surface area contributed by atoms with Crippen LogP contribution in [0.4, 0.5) is 4.79 Å². The second kappa shape index (κ2) is 6.45. The van der Waals surface area contributed by atoms with Crippen LogP contribution >= 0.6 is 0 Å². The van der Waals surface area contributed by atoms with E-state index < -0.39 is 6.09 Å². The third-order valence-corrected chi connectivity index (χ3v) is 1.99. The van der Waals surface area contributed by atoms with Gasteiger partial charge >= 0.3 is 6.09 Å². The lowest BCUT2D eigenvalue weighted by molar-refractivity contribution is 0.195. The number of fused-ring (bicyclic) bond motifs is 1. The first kappa shape index (κ1) is 12.0. The fourth-order valence-electron chi connectivity index (χ4n) is 1.28. The third kappa shape index (κ3) is 4.00. The van der Waals surface area contributed by atoms with Gasteiger partial charge < -0.3 is 10.4 Å². The molecule has 0 aliphatic rings. The molecule has 0 bridgehead atoms. The standard InChI is InChI=1S/C10H8.C3H7NO2/c1-2-6-10-8-4-3-7-9(10)5-1;1-2-4-3(5)6/h1-8H;4H,2H2,1H3,(H,5,6). The summed E-state index contributed by atoms with van der Waals surface area (Å²) in [6.45, 7) is 2.21. The van der Waals surface area contributed by atoms with Crippen molar-refractivity contribution in [1.29, 1.82) is 0 Å². The Morgan fingerprint density at radius 2 is 1.44 bits per heavy atom. The predicted octanol–water partition coefficient (Wildman–Crippen LogP) is 3.11. The summed E-state index contributed by atoms with van der Waals surface area (Å²) in [6.07, 6.45) is -0.961. The lowest BCUT2D eigenvalue weighted by Gasteiger charge is -1.92. The molecule has 0 saturated heterocycles. The predicted molar refractivity (Wildman–Crippen MR) is 65.6 cm³/mol. The van der Waals surface area contributed by atoms with Crippen molar-refractivity contribution in [2.24, 2.45) is 0 Å². The Bertz CT molecular complexity index is 389. The van der Waals surface area contributed by atoms with Crippen LogP contribution in [0.5, 0.6) is 0 Å². The van der Waals surface area contributed by atoms with E-state index in [4.69, 9.17) is 5.11 Å². The normalized spacial score (nSPS) is 9.06. The summed E-state index contributed by atoms with van der Waals surface area (Å²) in [4.78, 5) is 9.49. The molecule has 16 heavy (non-hydrogen) atoms. The zero-order valence-electron chi connectivity index (χ0n) is 9.18. The quantitative estimate of drug-likeness (QED) is 0.771. The Labute approximate surface area is 94.7 Å². The number of benzene rings is 2. The summed E-state index contributed by atoms with van der Waals surface area (Å²) < 4.78 is 0. The lowest BCUT2D eigenvalue weighted by Crippen LogP contribution is -2.19. The largest absolute Gasteiger partial charge is 0.465 e. The first-order chi connectivity index (χ1) is 7.74. The Kier molecular flexibility index (Phi) is 4.86. The van der Waals surface area contributed by atoms with Crippen molar-refractivity contribution in [2.75, 3.05) is 6.54 Å². The molecule has 0 heterocycles. The van der Waals surface area contributed by atoms with E-state index in [9.17, 15) is 4.79 Å². The Morgan fingerprint density at radius 3 is 1.62 bits per heavy atom. The molecule has 0 unspecified atom stereocenters. The second-order valence-electron chi connectivity index (χ2n) is 3.18. The van der Waals surface area contributed by atoms with E-state index in [2.05, 4.69) is 53.8 Å². The number of carboxylic acid groups (broad SMARTS) is 1. The Hall–Kier alpha value is -2.03. The van der Waals surface area contributed by atoms with Crippen molar-refractivity contribution in [3.63, 3.8) is 0 Å². The minimum atomic E-state index is -0.961. The summed E-state index contributed by atoms with van der Waals surface area (Å²) in [6, 6.07) is 16.7. The highest BCUT2D eigenvalue weighted by atomic mass is 16.4. The van der Waals surface area contributed by atoms with Crippen molar-refractivity contribution in [3.8, 4) is 0 Å². The molecule has 0 fully saturated rings. The molecule has 0 radical (unpaired) electrons. The van der Waals surface area contributed by atoms with Gasteiger partial charge in [-0.3, -0.25) is 0 Å². The molecular weight excluding hydrogens is 202 g/mol. The molecule has 2 N–H and O–H groups in total. The second-order valence-corrected chi connectivity index (χ2v) is 3.18. The molecule has 3 nitrogen and oxygen atoms in total. The molecule has 3 heteroatoms. The van der Waals surface area contributed by atoms with Crippen LogP contribution in [0.1, 0.15) is 6.92 Å². The highest BCUT2D eigenvalue weighted by molar-refractivity contribution is 5.81. The molecule has 1 amide bonds. The zero-order chi connectivity index (χ0) is 11.8. The van der Waals surface area contributed by atoms with Crippen molar-refractivity contribution in [1.82, 2.24) is 5.32 Å². The molecule has 0 aliphatic heterocycles. The number of hydrogen-bond acceptors (Lipinski definition) is 1. The molecule has 2 aromatic rings. The van der Waals surface area contributed by atoms with Crippen LogP contribution in [0.25, 0.3) is 10.8 Å². The minimum Gasteiger partial charge on any atom is -0.465 e. The number of nitrogens with one attached hydrogen (secondary N) is 1. The topological polar surface area (TPSA) is 49.3 Å². The summed E-state index contributed by atoms with van der Waals surface area (Å²) in [5.74, 6) is 0. The van der Waals surface area contributed by atoms with E-state index in [-0.39, 0.29) is 0 Å². The first-order valence-corrected chi connectivity index (χ1v) is 5.14. The van der Waals surface area contributed by atoms with E-state index in [0.29, 0.717) is 6.54 Å². The molecule has 84 valence electrons. The zero-order valence-corrected chi connectivity index (χ0v) is 9.18. The Balaban J connectivity index is 0.000000187. The van der Waals surface area contributed by atoms with Gasteiger partial charge in [-0.15, -0.1) is 0 Å². The van der Waals surface area contributed by atoms with Gasteiger partial charge in [0.25, 0.3) is 0 Å². The number of rotatable bonds is 1. The van der Waals surface area contributed by atoms with Crippen LogP contribution in [-0.2, 0) is 0 Å². The van der Waals surface area contributed by atoms with Gasteiger partial charge in [0.15, 0.2) is 0 Å². The van der Waals surface area contributed by atoms with Gasteiger partial charge in [0, 0.05) is 6.54 Å². The monoisotopic (exact) mass is 217 g/mol. The van der Waals surface area contributed by atoms with E-state index in [1.54, 1.807) is 6.92 Å². The fraction of sp³-hybridized carbons (Fsp3) is 0.154. The van der Waals surface area contributed by atoms with Crippen LogP contribution in [0, 0.1) is 0 Å². The van der Waals surface area contributed by atoms with Crippen molar-refractivity contribution in [3.05, 3.63) is 48.5 Å². The maximum absolute atomic E-state index is 9.49. The van der Waals surface area contributed by atoms with Crippen LogP contribution in [-0.4, -0.2) is 17.7 Å². The fourth-order valence-corrected chi connectivity index (χ4v) is 1.28. The maximum Gasteiger partial charge on any atom is 0.404 e. The molecule has 0 aliphatic carbocycles. The van der Waals surface area contributed by atoms with Crippen molar-refractivity contribution < 1.29 is 9.90 Å². The van der Waals surface area contributed by atoms with Crippen LogP contribution < -0.4 is 5.32 Å². The van der Waals surface area contributed by atoms with Gasteiger partial charge in [-0.2, -0.15) is 0 Å². The minimum absolute atomic E-state index is 0.481. The SMILES string of the molecule is CCNC(=O)O.c1ccc2ccccc2c1. The molecule has 0 aromatic heterocycles. The van der Waals surface area contributed by atoms with E-state index in [0.717, 1.165) is 0 Å². The molecular formula is C13H15NO2. The van der Waals surface area contributed by atoms with Crippen molar-refractivity contribution >= 4 is 16.9 Å². The third-order valence-electron chi connectivity index (χ3n) is 1.99. The Morgan fingerprint density at radius 1 is 1.06 bits per heavy atom. The van der Waals surface area contributed by atoms with Gasteiger partial charge in [0.05, 0.1) is 0 Å². The van der Waals surface area contributed by atoms with E-state index in [1.165, 1.54) is 10.8 Å². The van der Waals surface area contributed by atoms with Crippen LogP contribution in [0.15, 0.2) is 48.5 Å². The van der Waals surface area contributed by atoms with E-state index >= 15 is 0 Å².